The van der Waals surface area contributed by atoms with Crippen molar-refractivity contribution in [3.8, 4) is 0 Å². The van der Waals surface area contributed by atoms with E-state index in [2.05, 4.69) is 31.2 Å². The van der Waals surface area contributed by atoms with Crippen molar-refractivity contribution in [2.75, 3.05) is 0 Å². The van der Waals surface area contributed by atoms with E-state index < -0.39 is 0 Å². The average molecular weight is 235 g/mol. The summed E-state index contributed by atoms with van der Waals surface area (Å²) in [6, 6.07) is 8.74. The molecule has 0 radical (unpaired) electrons. The highest BCUT2D eigenvalue weighted by molar-refractivity contribution is 8.00. The molecule has 1 nitrogen and oxygen atoms in total. The predicted molar refractivity (Wildman–Crippen MR) is 71.8 cm³/mol. The monoisotopic (exact) mass is 235 g/mol. The first kappa shape index (κ1) is 12.0. The molecule has 0 bridgehead atoms. The first-order valence-corrected chi connectivity index (χ1v) is 7.16. The third-order valence-corrected chi connectivity index (χ3v) is 4.69. The van der Waals surface area contributed by atoms with Gasteiger partial charge in [0.1, 0.15) is 0 Å². The van der Waals surface area contributed by atoms with Crippen LogP contribution in [-0.2, 0) is 0 Å². The topological polar surface area (TPSA) is 26.0 Å². The molecule has 0 spiro atoms. The maximum Gasteiger partial charge on any atom is 0.0277 e. The van der Waals surface area contributed by atoms with Crippen LogP contribution in [0.5, 0.6) is 0 Å². The first-order valence-electron chi connectivity index (χ1n) is 6.28. The summed E-state index contributed by atoms with van der Waals surface area (Å²) in [6.07, 6.45) is 6.97. The second-order valence-electron chi connectivity index (χ2n) is 4.70. The van der Waals surface area contributed by atoms with Crippen LogP contribution < -0.4 is 5.73 Å². The Morgan fingerprint density at radius 2 is 1.88 bits per heavy atom. The van der Waals surface area contributed by atoms with Gasteiger partial charge in [-0.1, -0.05) is 37.5 Å². The van der Waals surface area contributed by atoms with Crippen molar-refractivity contribution in [3.05, 3.63) is 29.8 Å². The van der Waals surface area contributed by atoms with Gasteiger partial charge in [-0.05, 0) is 31.4 Å². The van der Waals surface area contributed by atoms with Crippen LogP contribution in [0.25, 0.3) is 0 Å². The van der Waals surface area contributed by atoms with Crippen LogP contribution in [0.3, 0.4) is 0 Å². The molecule has 16 heavy (non-hydrogen) atoms. The zero-order valence-electron chi connectivity index (χ0n) is 9.99. The summed E-state index contributed by atoms with van der Waals surface area (Å²) in [5, 5.41) is 0.814. The zero-order chi connectivity index (χ0) is 11.4. The van der Waals surface area contributed by atoms with E-state index in [0.717, 1.165) is 5.25 Å². The maximum absolute atomic E-state index is 6.01. The van der Waals surface area contributed by atoms with Gasteiger partial charge in [-0.15, -0.1) is 11.8 Å². The van der Waals surface area contributed by atoms with Crippen LogP contribution in [0, 0.1) is 0 Å². The Hall–Kier alpha value is -0.470. The molecule has 88 valence electrons. The van der Waals surface area contributed by atoms with Crippen molar-refractivity contribution >= 4 is 11.8 Å². The molecule has 0 unspecified atom stereocenters. The lowest BCUT2D eigenvalue weighted by Gasteiger charge is -2.22. The Bertz CT molecular complexity index is 329. The number of hydrogen-bond acceptors (Lipinski definition) is 2. The van der Waals surface area contributed by atoms with Crippen LogP contribution in [0.2, 0.25) is 0 Å². The molecule has 1 aromatic carbocycles. The standard InChI is InChI=1S/C14H21NS/c1-11(15)13-9-5-6-10-14(13)16-12-7-3-2-4-8-12/h5-6,9-12H,2-4,7-8,15H2,1H3/t11-/m1/s1. The van der Waals surface area contributed by atoms with Crippen molar-refractivity contribution in [2.24, 2.45) is 5.73 Å². The summed E-state index contributed by atoms with van der Waals surface area (Å²) in [6.45, 7) is 2.07. The number of benzene rings is 1. The van der Waals surface area contributed by atoms with Crippen LogP contribution in [0.1, 0.15) is 50.6 Å². The summed E-state index contributed by atoms with van der Waals surface area (Å²) in [7, 11) is 0. The Morgan fingerprint density at radius 3 is 2.56 bits per heavy atom. The van der Waals surface area contributed by atoms with E-state index in [0.29, 0.717) is 0 Å². The average Bonchev–Trinajstić information content (AvgIpc) is 2.31. The van der Waals surface area contributed by atoms with Crippen LogP contribution in [-0.4, -0.2) is 5.25 Å². The van der Waals surface area contributed by atoms with E-state index in [1.807, 2.05) is 11.8 Å². The molecule has 0 saturated heterocycles. The smallest absolute Gasteiger partial charge is 0.0277 e. The van der Waals surface area contributed by atoms with Gasteiger partial charge in [-0.3, -0.25) is 0 Å². The quantitative estimate of drug-likeness (QED) is 0.852. The minimum atomic E-state index is 0.146. The number of nitrogens with two attached hydrogens (primary N) is 1. The molecule has 0 aliphatic heterocycles. The Kier molecular flexibility index (Phi) is 4.30. The molecule has 1 aromatic rings. The second kappa shape index (κ2) is 5.74. The van der Waals surface area contributed by atoms with Gasteiger partial charge in [-0.2, -0.15) is 0 Å². The van der Waals surface area contributed by atoms with Crippen molar-refractivity contribution < 1.29 is 0 Å². The molecule has 1 atom stereocenters. The highest BCUT2D eigenvalue weighted by Crippen LogP contribution is 2.36. The van der Waals surface area contributed by atoms with E-state index in [9.17, 15) is 0 Å². The molecule has 2 rings (SSSR count). The fraction of sp³-hybridized carbons (Fsp3) is 0.571. The molecule has 2 N–H and O–H groups in total. The van der Waals surface area contributed by atoms with Gasteiger partial charge < -0.3 is 5.73 Å². The molecule has 2 heteroatoms. The Morgan fingerprint density at radius 1 is 1.19 bits per heavy atom. The van der Waals surface area contributed by atoms with Gasteiger partial charge in [0.15, 0.2) is 0 Å². The van der Waals surface area contributed by atoms with Gasteiger partial charge in [-0.25, -0.2) is 0 Å². The fourth-order valence-electron chi connectivity index (χ4n) is 2.33. The fourth-order valence-corrected chi connectivity index (χ4v) is 3.80. The molecule has 1 saturated carbocycles. The zero-order valence-corrected chi connectivity index (χ0v) is 10.8. The van der Waals surface area contributed by atoms with Crippen molar-refractivity contribution in [1.82, 2.24) is 0 Å². The summed E-state index contributed by atoms with van der Waals surface area (Å²) in [5.74, 6) is 0. The van der Waals surface area contributed by atoms with E-state index in [1.54, 1.807) is 0 Å². The summed E-state index contributed by atoms with van der Waals surface area (Å²) < 4.78 is 0. The lowest BCUT2D eigenvalue weighted by atomic mass is 10.0. The van der Waals surface area contributed by atoms with Gasteiger partial charge >= 0.3 is 0 Å². The lowest BCUT2D eigenvalue weighted by molar-refractivity contribution is 0.516. The molecular weight excluding hydrogens is 214 g/mol. The molecular formula is C14H21NS. The number of thioether (sulfide) groups is 1. The third-order valence-electron chi connectivity index (χ3n) is 3.26. The highest BCUT2D eigenvalue weighted by Gasteiger charge is 2.16. The SMILES string of the molecule is C[C@@H](N)c1ccccc1SC1CCCCC1. The molecule has 0 amide bonds. The van der Waals surface area contributed by atoms with Gasteiger partial charge in [0.2, 0.25) is 0 Å². The van der Waals surface area contributed by atoms with Crippen LogP contribution in [0.4, 0.5) is 0 Å². The van der Waals surface area contributed by atoms with E-state index in [1.165, 1.54) is 42.6 Å². The van der Waals surface area contributed by atoms with E-state index in [-0.39, 0.29) is 6.04 Å². The minimum Gasteiger partial charge on any atom is -0.324 e. The second-order valence-corrected chi connectivity index (χ2v) is 6.05. The normalized spacial score (nSPS) is 19.6. The largest absolute Gasteiger partial charge is 0.324 e. The maximum atomic E-state index is 6.01. The summed E-state index contributed by atoms with van der Waals surface area (Å²) >= 11 is 2.04. The Balaban J connectivity index is 2.07. The Labute approximate surface area is 103 Å². The van der Waals surface area contributed by atoms with Gasteiger partial charge in [0, 0.05) is 16.2 Å². The molecule has 0 heterocycles. The number of rotatable bonds is 3. The molecule has 1 fully saturated rings. The summed E-state index contributed by atoms with van der Waals surface area (Å²) in [4.78, 5) is 1.39. The van der Waals surface area contributed by atoms with E-state index in [4.69, 9.17) is 5.73 Å². The van der Waals surface area contributed by atoms with Gasteiger partial charge in [0.25, 0.3) is 0 Å². The molecule has 1 aliphatic rings. The van der Waals surface area contributed by atoms with E-state index >= 15 is 0 Å². The summed E-state index contributed by atoms with van der Waals surface area (Å²) in [5.41, 5.74) is 7.31. The highest BCUT2D eigenvalue weighted by atomic mass is 32.2. The lowest BCUT2D eigenvalue weighted by Crippen LogP contribution is -2.10. The predicted octanol–water partition coefficient (Wildman–Crippen LogP) is 4.13. The van der Waals surface area contributed by atoms with Crippen molar-refractivity contribution in [2.45, 2.75) is 55.2 Å². The van der Waals surface area contributed by atoms with Crippen molar-refractivity contribution in [3.63, 3.8) is 0 Å². The number of hydrogen-bond donors (Lipinski definition) is 1. The van der Waals surface area contributed by atoms with Crippen LogP contribution in [0.15, 0.2) is 29.2 Å². The van der Waals surface area contributed by atoms with Gasteiger partial charge in [0.05, 0.1) is 0 Å². The van der Waals surface area contributed by atoms with Crippen LogP contribution >= 0.6 is 11.8 Å². The first-order chi connectivity index (χ1) is 7.77. The van der Waals surface area contributed by atoms with Crippen molar-refractivity contribution in [1.29, 1.82) is 0 Å². The third kappa shape index (κ3) is 3.02. The molecule has 1 aliphatic carbocycles. The molecule has 0 aromatic heterocycles. The minimum absolute atomic E-state index is 0.146.